The van der Waals surface area contributed by atoms with Crippen molar-refractivity contribution < 1.29 is 9.59 Å². The molecule has 4 N–H and O–H groups in total. The molecule has 1 atom stereocenters. The number of amides is 2. The lowest BCUT2D eigenvalue weighted by Crippen LogP contribution is -2.70. The van der Waals surface area contributed by atoms with Crippen LogP contribution in [0.15, 0.2) is 6.20 Å². The van der Waals surface area contributed by atoms with E-state index in [4.69, 9.17) is 5.73 Å². The van der Waals surface area contributed by atoms with Gasteiger partial charge < -0.3 is 16.4 Å². The fourth-order valence-electron chi connectivity index (χ4n) is 2.99. The predicted molar refractivity (Wildman–Crippen MR) is 76.1 cm³/mol. The largest absolute Gasteiger partial charge is 0.389 e. The molecule has 108 valence electrons. The minimum Gasteiger partial charge on any atom is -0.389 e. The third-order valence-electron chi connectivity index (χ3n) is 4.08. The number of carbonyl (C=O) groups excluding carboxylic acids is 2. The van der Waals surface area contributed by atoms with Crippen molar-refractivity contribution in [3.05, 3.63) is 11.2 Å². The Morgan fingerprint density at radius 2 is 2.10 bits per heavy atom. The highest BCUT2D eigenvalue weighted by molar-refractivity contribution is 7.15. The molecule has 2 fully saturated rings. The fraction of sp³-hybridized carbons (Fsp3) is 0.615. The van der Waals surface area contributed by atoms with Crippen LogP contribution in [0.3, 0.4) is 0 Å². The van der Waals surface area contributed by atoms with E-state index in [1.807, 2.05) is 0 Å². The van der Waals surface area contributed by atoms with Gasteiger partial charge in [-0.1, -0.05) is 19.3 Å². The van der Waals surface area contributed by atoms with Gasteiger partial charge >= 0.3 is 0 Å². The average molecular weight is 294 g/mol. The lowest BCUT2D eigenvalue weighted by molar-refractivity contribution is -0.143. The Labute approximate surface area is 121 Å². The Kier molecular flexibility index (Phi) is 3.37. The maximum Gasteiger partial charge on any atom is 0.246 e. The van der Waals surface area contributed by atoms with Crippen LogP contribution in [0.4, 0.5) is 5.00 Å². The number of rotatable bonds is 2. The highest BCUT2D eigenvalue weighted by Crippen LogP contribution is 2.30. The molecule has 7 heteroatoms. The van der Waals surface area contributed by atoms with Gasteiger partial charge in [0.1, 0.15) is 16.6 Å². The number of nitrogens with zero attached hydrogens (tertiary/aromatic N) is 1. The second-order valence-corrected chi connectivity index (χ2v) is 6.67. The number of carbonyl (C=O) groups is 2. The number of hydrogen-bond acceptors (Lipinski definition) is 5. The molecule has 1 aromatic rings. The number of aromatic nitrogens is 1. The number of thiazole rings is 1. The summed E-state index contributed by atoms with van der Waals surface area (Å²) >= 11 is 1.35. The van der Waals surface area contributed by atoms with Crippen LogP contribution in [0.2, 0.25) is 0 Å². The van der Waals surface area contributed by atoms with E-state index in [0.717, 1.165) is 37.1 Å². The van der Waals surface area contributed by atoms with E-state index in [1.165, 1.54) is 11.3 Å². The van der Waals surface area contributed by atoms with Crippen LogP contribution < -0.4 is 16.4 Å². The van der Waals surface area contributed by atoms with Crippen molar-refractivity contribution in [3.63, 3.8) is 0 Å². The Balaban J connectivity index is 1.71. The molecule has 0 radical (unpaired) electrons. The molecule has 2 heterocycles. The van der Waals surface area contributed by atoms with E-state index >= 15 is 0 Å². The molecule has 0 bridgehead atoms. The maximum absolute atomic E-state index is 12.4. The monoisotopic (exact) mass is 294 g/mol. The highest BCUT2D eigenvalue weighted by Gasteiger charge is 2.46. The maximum atomic E-state index is 12.4. The quantitative estimate of drug-likeness (QED) is 0.743. The number of anilines is 1. The molecular weight excluding hydrogens is 276 g/mol. The van der Waals surface area contributed by atoms with Crippen molar-refractivity contribution in [2.24, 2.45) is 0 Å². The molecule has 1 saturated carbocycles. The zero-order valence-electron chi connectivity index (χ0n) is 11.1. The van der Waals surface area contributed by atoms with E-state index in [2.05, 4.69) is 15.6 Å². The molecule has 1 aliphatic carbocycles. The SMILES string of the molecule is Nc1cnc(CC2NC(=O)C3(CCCCC3)NC2=O)s1. The molecule has 1 spiro atoms. The zero-order chi connectivity index (χ0) is 14.2. The summed E-state index contributed by atoms with van der Waals surface area (Å²) in [5, 5.41) is 7.20. The van der Waals surface area contributed by atoms with Crippen LogP contribution in [-0.2, 0) is 16.0 Å². The molecule has 1 unspecified atom stereocenters. The van der Waals surface area contributed by atoms with Gasteiger partial charge in [-0.15, -0.1) is 11.3 Å². The van der Waals surface area contributed by atoms with E-state index in [0.29, 0.717) is 11.4 Å². The van der Waals surface area contributed by atoms with Crippen molar-refractivity contribution in [1.29, 1.82) is 0 Å². The van der Waals surface area contributed by atoms with E-state index in [1.54, 1.807) is 6.20 Å². The zero-order valence-corrected chi connectivity index (χ0v) is 12.0. The highest BCUT2D eigenvalue weighted by atomic mass is 32.1. The molecule has 6 nitrogen and oxygen atoms in total. The molecule has 2 amide bonds. The standard InChI is InChI=1S/C13H18N4O2S/c14-9-7-15-10(20-9)6-8-11(18)17-13(12(19)16-8)4-2-1-3-5-13/h7-8H,1-6,14H2,(H,16,19)(H,17,18). The molecule has 3 rings (SSSR count). The van der Waals surface area contributed by atoms with Gasteiger partial charge in [0.15, 0.2) is 0 Å². The van der Waals surface area contributed by atoms with Crippen molar-refractivity contribution in [3.8, 4) is 0 Å². The first-order chi connectivity index (χ1) is 9.59. The molecule has 20 heavy (non-hydrogen) atoms. The smallest absolute Gasteiger partial charge is 0.246 e. The number of nitrogen functional groups attached to an aromatic ring is 1. The average Bonchev–Trinajstić information content (AvgIpc) is 2.83. The van der Waals surface area contributed by atoms with Gasteiger partial charge in [-0.05, 0) is 12.8 Å². The Hall–Kier alpha value is -1.63. The van der Waals surface area contributed by atoms with Crippen LogP contribution in [0, 0.1) is 0 Å². The van der Waals surface area contributed by atoms with Gasteiger partial charge in [0.05, 0.1) is 11.2 Å². The molecule has 1 saturated heterocycles. The molecule has 2 aliphatic rings. The minimum atomic E-state index is -0.673. The Bertz CT molecular complexity index is 536. The summed E-state index contributed by atoms with van der Waals surface area (Å²) in [4.78, 5) is 28.7. The van der Waals surface area contributed by atoms with Gasteiger partial charge in [0.25, 0.3) is 0 Å². The Morgan fingerprint density at radius 3 is 2.75 bits per heavy atom. The number of nitrogens with two attached hydrogens (primary N) is 1. The fourth-order valence-corrected chi connectivity index (χ4v) is 3.72. The van der Waals surface area contributed by atoms with E-state index < -0.39 is 11.6 Å². The van der Waals surface area contributed by atoms with Crippen LogP contribution in [-0.4, -0.2) is 28.4 Å². The summed E-state index contributed by atoms with van der Waals surface area (Å²) in [6.07, 6.45) is 6.55. The first kappa shape index (κ1) is 13.4. The van der Waals surface area contributed by atoms with Crippen LogP contribution in [0.5, 0.6) is 0 Å². The first-order valence-electron chi connectivity index (χ1n) is 6.92. The summed E-state index contributed by atoms with van der Waals surface area (Å²) in [6.45, 7) is 0. The number of piperazine rings is 1. The molecule has 1 aromatic heterocycles. The topological polar surface area (TPSA) is 97.1 Å². The van der Waals surface area contributed by atoms with Gasteiger partial charge in [-0.2, -0.15) is 0 Å². The predicted octanol–water partition coefficient (Wildman–Crippen LogP) is 0.585. The third-order valence-corrected chi connectivity index (χ3v) is 4.93. The second kappa shape index (κ2) is 5.05. The summed E-state index contributed by atoms with van der Waals surface area (Å²) in [5.74, 6) is -0.161. The normalized spacial score (nSPS) is 25.3. The van der Waals surface area contributed by atoms with Crippen molar-refractivity contribution in [2.45, 2.75) is 50.1 Å². The first-order valence-corrected chi connectivity index (χ1v) is 7.74. The van der Waals surface area contributed by atoms with Crippen molar-refractivity contribution in [2.75, 3.05) is 5.73 Å². The summed E-state index contributed by atoms with van der Waals surface area (Å²) in [6, 6.07) is -0.541. The molecule has 0 aromatic carbocycles. The lowest BCUT2D eigenvalue weighted by Gasteiger charge is -2.42. The lowest BCUT2D eigenvalue weighted by atomic mass is 9.79. The molecule has 1 aliphatic heterocycles. The van der Waals surface area contributed by atoms with Gasteiger partial charge in [-0.25, -0.2) is 4.98 Å². The Morgan fingerprint density at radius 1 is 1.35 bits per heavy atom. The second-order valence-electron chi connectivity index (χ2n) is 5.52. The summed E-state index contributed by atoms with van der Waals surface area (Å²) in [5.41, 5.74) is 4.95. The van der Waals surface area contributed by atoms with Crippen LogP contribution in [0.25, 0.3) is 0 Å². The van der Waals surface area contributed by atoms with Crippen LogP contribution in [0.1, 0.15) is 37.1 Å². The molecular formula is C13H18N4O2S. The van der Waals surface area contributed by atoms with Gasteiger partial charge in [0.2, 0.25) is 11.8 Å². The van der Waals surface area contributed by atoms with Crippen molar-refractivity contribution in [1.82, 2.24) is 15.6 Å². The van der Waals surface area contributed by atoms with E-state index in [-0.39, 0.29) is 11.8 Å². The summed E-state index contributed by atoms with van der Waals surface area (Å²) < 4.78 is 0. The number of hydrogen-bond donors (Lipinski definition) is 3. The van der Waals surface area contributed by atoms with Crippen LogP contribution >= 0.6 is 11.3 Å². The van der Waals surface area contributed by atoms with Gasteiger partial charge in [-0.3, -0.25) is 9.59 Å². The number of nitrogens with one attached hydrogen (secondary N) is 2. The minimum absolute atomic E-state index is 0.0497. The van der Waals surface area contributed by atoms with Crippen molar-refractivity contribution >= 4 is 28.2 Å². The van der Waals surface area contributed by atoms with Gasteiger partial charge in [0, 0.05) is 6.42 Å². The summed E-state index contributed by atoms with van der Waals surface area (Å²) in [7, 11) is 0. The third kappa shape index (κ3) is 2.37. The van der Waals surface area contributed by atoms with E-state index in [9.17, 15) is 9.59 Å².